The molecule has 0 N–H and O–H groups in total. The smallest absolute Gasteiger partial charge is 0.244 e. The average Bonchev–Trinajstić information content (AvgIpc) is 3.04. The number of sulfonamides is 1. The maximum Gasteiger partial charge on any atom is 0.244 e. The Morgan fingerprint density at radius 1 is 1.11 bits per heavy atom. The van der Waals surface area contributed by atoms with Crippen LogP contribution in [-0.4, -0.2) is 55.8 Å². The van der Waals surface area contributed by atoms with E-state index in [0.29, 0.717) is 31.7 Å². The normalized spacial score (nSPS) is 24.0. The Morgan fingerprint density at radius 3 is 2.26 bits per heavy atom. The Hall–Kier alpha value is -1.60. The summed E-state index contributed by atoms with van der Waals surface area (Å²) in [6.45, 7) is 7.55. The van der Waals surface area contributed by atoms with Gasteiger partial charge in [0.25, 0.3) is 0 Å². The quantitative estimate of drug-likeness (QED) is 0.770. The number of rotatable bonds is 5. The van der Waals surface area contributed by atoms with Gasteiger partial charge in [0.2, 0.25) is 15.9 Å². The molecule has 2 heterocycles. The predicted molar refractivity (Wildman–Crippen MR) is 104 cm³/mol. The number of piperidine rings is 1. The SMILES string of the molecule is CCCN1CCCC2(CCCN2S(=O)(=O)c2cc(C)c(OC)c(C)c2)C1=O. The zero-order valence-corrected chi connectivity index (χ0v) is 17.6. The Kier molecular flexibility index (Phi) is 5.54. The molecule has 0 bridgehead atoms. The molecule has 2 aliphatic rings. The van der Waals surface area contributed by atoms with Crippen LogP contribution in [0.15, 0.2) is 17.0 Å². The summed E-state index contributed by atoms with van der Waals surface area (Å²) in [5.74, 6) is 0.687. The zero-order chi connectivity index (χ0) is 19.8. The molecule has 1 unspecified atom stereocenters. The van der Waals surface area contributed by atoms with E-state index in [1.165, 1.54) is 4.31 Å². The van der Waals surface area contributed by atoms with Gasteiger partial charge in [0.05, 0.1) is 12.0 Å². The molecule has 3 rings (SSSR count). The van der Waals surface area contributed by atoms with Gasteiger partial charge >= 0.3 is 0 Å². The number of carbonyl (C=O) groups is 1. The molecule has 2 saturated heterocycles. The lowest BCUT2D eigenvalue weighted by molar-refractivity contribution is -0.144. The highest BCUT2D eigenvalue weighted by atomic mass is 32.2. The number of nitrogens with zero attached hydrogens (tertiary/aromatic N) is 2. The molecule has 0 aromatic heterocycles. The van der Waals surface area contributed by atoms with Gasteiger partial charge < -0.3 is 9.64 Å². The second-order valence-corrected chi connectivity index (χ2v) is 9.56. The van der Waals surface area contributed by atoms with Gasteiger partial charge in [-0.15, -0.1) is 0 Å². The highest BCUT2D eigenvalue weighted by Crippen LogP contribution is 2.42. The van der Waals surface area contributed by atoms with E-state index in [9.17, 15) is 13.2 Å². The summed E-state index contributed by atoms with van der Waals surface area (Å²) in [5, 5.41) is 0. The Bertz CT molecular complexity index is 811. The molecule has 0 saturated carbocycles. The van der Waals surface area contributed by atoms with Gasteiger partial charge in [-0.3, -0.25) is 4.79 Å². The Labute approximate surface area is 162 Å². The molecule has 0 radical (unpaired) electrons. The second-order valence-electron chi connectivity index (χ2n) is 7.70. The zero-order valence-electron chi connectivity index (χ0n) is 16.7. The van der Waals surface area contributed by atoms with Gasteiger partial charge in [-0.05, 0) is 69.2 Å². The van der Waals surface area contributed by atoms with Gasteiger partial charge in [0.15, 0.2) is 0 Å². The van der Waals surface area contributed by atoms with Crippen molar-refractivity contribution in [3.63, 3.8) is 0 Å². The van der Waals surface area contributed by atoms with Crippen LogP contribution in [0, 0.1) is 13.8 Å². The third-order valence-electron chi connectivity index (χ3n) is 5.85. The molecule has 0 aliphatic carbocycles. The largest absolute Gasteiger partial charge is 0.496 e. The number of benzene rings is 1. The Balaban J connectivity index is 2.02. The number of methoxy groups -OCH3 is 1. The van der Waals surface area contributed by atoms with Crippen LogP contribution in [0.3, 0.4) is 0 Å². The molecular formula is C20H30N2O4S. The first-order chi connectivity index (χ1) is 12.8. The fourth-order valence-corrected chi connectivity index (χ4v) is 6.72. The average molecular weight is 395 g/mol. The minimum absolute atomic E-state index is 0.0152. The summed E-state index contributed by atoms with van der Waals surface area (Å²) < 4.78 is 33.9. The van der Waals surface area contributed by atoms with E-state index in [-0.39, 0.29) is 10.8 Å². The molecular weight excluding hydrogens is 364 g/mol. The number of amides is 1. The first-order valence-corrected chi connectivity index (χ1v) is 11.2. The third kappa shape index (κ3) is 3.25. The lowest BCUT2D eigenvalue weighted by Crippen LogP contribution is -2.61. The second kappa shape index (κ2) is 7.43. The highest BCUT2D eigenvalue weighted by molar-refractivity contribution is 7.89. The van der Waals surface area contributed by atoms with Gasteiger partial charge in [0, 0.05) is 19.6 Å². The molecule has 7 heteroatoms. The van der Waals surface area contributed by atoms with Crippen molar-refractivity contribution in [3.05, 3.63) is 23.3 Å². The van der Waals surface area contributed by atoms with Crippen LogP contribution in [-0.2, 0) is 14.8 Å². The molecule has 1 atom stereocenters. The summed E-state index contributed by atoms with van der Waals surface area (Å²) in [4.78, 5) is 15.4. The standard InChI is InChI=1S/C20H30N2O4S/c1-5-10-21-11-6-8-20(19(21)23)9-7-12-22(20)27(24,25)17-13-15(2)18(26-4)16(3)14-17/h13-14H,5-12H2,1-4H3. The van der Waals surface area contributed by atoms with Crippen molar-refractivity contribution >= 4 is 15.9 Å². The van der Waals surface area contributed by atoms with Crippen LogP contribution < -0.4 is 4.74 Å². The fourth-order valence-electron chi connectivity index (χ4n) is 4.72. The van der Waals surface area contributed by atoms with Crippen molar-refractivity contribution in [3.8, 4) is 5.75 Å². The molecule has 1 spiro atoms. The van der Waals surface area contributed by atoms with E-state index < -0.39 is 15.6 Å². The molecule has 2 fully saturated rings. The molecule has 27 heavy (non-hydrogen) atoms. The van der Waals surface area contributed by atoms with Gasteiger partial charge in [0.1, 0.15) is 11.3 Å². The highest BCUT2D eigenvalue weighted by Gasteiger charge is 2.55. The van der Waals surface area contributed by atoms with Gasteiger partial charge in [-0.1, -0.05) is 6.92 Å². The van der Waals surface area contributed by atoms with Crippen LogP contribution >= 0.6 is 0 Å². The summed E-state index contributed by atoms with van der Waals surface area (Å²) in [6.07, 6.45) is 3.67. The summed E-state index contributed by atoms with van der Waals surface area (Å²) >= 11 is 0. The van der Waals surface area contributed by atoms with Crippen LogP contribution in [0.25, 0.3) is 0 Å². The van der Waals surface area contributed by atoms with Crippen molar-refractivity contribution in [2.24, 2.45) is 0 Å². The number of aryl methyl sites for hydroxylation is 2. The number of hydrogen-bond donors (Lipinski definition) is 0. The number of hydrogen-bond acceptors (Lipinski definition) is 4. The minimum Gasteiger partial charge on any atom is -0.496 e. The predicted octanol–water partition coefficient (Wildman–Crippen LogP) is 2.87. The van der Waals surface area contributed by atoms with Crippen molar-refractivity contribution < 1.29 is 17.9 Å². The monoisotopic (exact) mass is 394 g/mol. The van der Waals surface area contributed by atoms with Crippen LogP contribution in [0.4, 0.5) is 0 Å². The summed E-state index contributed by atoms with van der Waals surface area (Å²) in [7, 11) is -2.17. The van der Waals surface area contributed by atoms with E-state index in [1.807, 2.05) is 25.7 Å². The number of ether oxygens (including phenoxy) is 1. The first-order valence-electron chi connectivity index (χ1n) is 9.75. The minimum atomic E-state index is -3.76. The van der Waals surface area contributed by atoms with Crippen molar-refractivity contribution in [2.45, 2.75) is 63.3 Å². The van der Waals surface area contributed by atoms with Gasteiger partial charge in [-0.25, -0.2) is 8.42 Å². The van der Waals surface area contributed by atoms with Crippen LogP contribution in [0.2, 0.25) is 0 Å². The number of carbonyl (C=O) groups excluding carboxylic acids is 1. The maximum atomic E-state index is 13.5. The molecule has 2 aliphatic heterocycles. The number of likely N-dealkylation sites (tertiary alicyclic amines) is 1. The van der Waals surface area contributed by atoms with E-state index >= 15 is 0 Å². The van der Waals surface area contributed by atoms with E-state index in [2.05, 4.69) is 0 Å². The topological polar surface area (TPSA) is 66.9 Å². The van der Waals surface area contributed by atoms with Crippen molar-refractivity contribution in [2.75, 3.05) is 26.7 Å². The van der Waals surface area contributed by atoms with E-state index in [4.69, 9.17) is 4.74 Å². The molecule has 1 aromatic carbocycles. The molecule has 6 nitrogen and oxygen atoms in total. The van der Waals surface area contributed by atoms with Crippen molar-refractivity contribution in [1.82, 2.24) is 9.21 Å². The summed E-state index contributed by atoms with van der Waals surface area (Å²) in [5.41, 5.74) is 0.660. The van der Waals surface area contributed by atoms with E-state index in [1.54, 1.807) is 19.2 Å². The third-order valence-corrected chi connectivity index (χ3v) is 7.80. The lowest BCUT2D eigenvalue weighted by Gasteiger charge is -2.43. The first kappa shape index (κ1) is 20.1. The fraction of sp³-hybridized carbons (Fsp3) is 0.650. The maximum absolute atomic E-state index is 13.5. The lowest BCUT2D eigenvalue weighted by atomic mass is 9.86. The van der Waals surface area contributed by atoms with Gasteiger partial charge in [-0.2, -0.15) is 4.31 Å². The van der Waals surface area contributed by atoms with E-state index in [0.717, 1.165) is 36.9 Å². The summed E-state index contributed by atoms with van der Waals surface area (Å²) in [6, 6.07) is 3.31. The molecule has 1 aromatic rings. The van der Waals surface area contributed by atoms with Crippen LogP contribution in [0.5, 0.6) is 5.75 Å². The Morgan fingerprint density at radius 2 is 1.70 bits per heavy atom. The van der Waals surface area contributed by atoms with Crippen molar-refractivity contribution in [1.29, 1.82) is 0 Å². The van der Waals surface area contributed by atoms with Crippen LogP contribution in [0.1, 0.15) is 50.2 Å². The molecule has 1 amide bonds. The molecule has 150 valence electrons.